The van der Waals surface area contributed by atoms with E-state index in [1.54, 1.807) is 13.2 Å². The van der Waals surface area contributed by atoms with Crippen LogP contribution in [-0.2, 0) is 10.3 Å². The van der Waals surface area contributed by atoms with E-state index < -0.39 is 5.54 Å². The van der Waals surface area contributed by atoms with Crippen molar-refractivity contribution in [3.05, 3.63) is 28.3 Å². The molecule has 0 aromatic heterocycles. The summed E-state index contributed by atoms with van der Waals surface area (Å²) < 4.78 is 5.36. The van der Waals surface area contributed by atoms with E-state index in [4.69, 9.17) is 16.3 Å². The summed E-state index contributed by atoms with van der Waals surface area (Å²) in [5, 5.41) is 0.595. The Morgan fingerprint density at radius 2 is 2.18 bits per heavy atom. The number of carbonyl (C=O) groups excluding carboxylic acids is 1. The molecular formula is C13H14ClNO2. The predicted molar refractivity (Wildman–Crippen MR) is 66.4 cm³/mol. The fraction of sp³-hybridized carbons (Fsp3) is 0.462. The molecule has 1 fully saturated rings. The Labute approximate surface area is 105 Å². The number of aryl methyl sites for hydroxylation is 1. The van der Waals surface area contributed by atoms with Gasteiger partial charge in [-0.3, -0.25) is 0 Å². The number of rotatable bonds is 3. The molecule has 0 atom stereocenters. The highest BCUT2D eigenvalue weighted by Crippen LogP contribution is 2.50. The molecule has 1 aromatic rings. The van der Waals surface area contributed by atoms with E-state index in [1.807, 2.05) is 19.1 Å². The summed E-state index contributed by atoms with van der Waals surface area (Å²) in [5.74, 6) is 0.630. The quantitative estimate of drug-likeness (QED) is 0.610. The van der Waals surface area contributed by atoms with E-state index in [-0.39, 0.29) is 0 Å². The summed E-state index contributed by atoms with van der Waals surface area (Å²) in [6.07, 6.45) is 4.42. The zero-order chi connectivity index (χ0) is 12.5. The van der Waals surface area contributed by atoms with E-state index in [1.165, 1.54) is 0 Å². The lowest BCUT2D eigenvalue weighted by molar-refractivity contribution is 0.246. The summed E-state index contributed by atoms with van der Waals surface area (Å²) in [6, 6.07) is 3.88. The first-order valence-electron chi connectivity index (χ1n) is 5.57. The van der Waals surface area contributed by atoms with Crippen molar-refractivity contribution in [2.24, 2.45) is 4.99 Å². The van der Waals surface area contributed by atoms with Crippen LogP contribution in [0.1, 0.15) is 30.4 Å². The Bertz CT molecular complexity index is 488. The molecular weight excluding hydrogens is 238 g/mol. The molecule has 0 spiro atoms. The van der Waals surface area contributed by atoms with Crippen LogP contribution >= 0.6 is 11.6 Å². The van der Waals surface area contributed by atoms with Crippen LogP contribution in [0, 0.1) is 6.92 Å². The van der Waals surface area contributed by atoms with Crippen LogP contribution in [0.15, 0.2) is 17.1 Å². The molecule has 0 saturated heterocycles. The van der Waals surface area contributed by atoms with Crippen LogP contribution < -0.4 is 4.74 Å². The fourth-order valence-electron chi connectivity index (χ4n) is 2.26. The summed E-state index contributed by atoms with van der Waals surface area (Å²) in [7, 11) is 1.58. The highest BCUT2D eigenvalue weighted by atomic mass is 35.5. The van der Waals surface area contributed by atoms with Crippen molar-refractivity contribution < 1.29 is 9.53 Å². The number of aliphatic imine (C=N–C) groups is 1. The minimum Gasteiger partial charge on any atom is -0.495 e. The first kappa shape index (κ1) is 12.2. The maximum absolute atomic E-state index is 10.6. The van der Waals surface area contributed by atoms with Gasteiger partial charge >= 0.3 is 0 Å². The highest BCUT2D eigenvalue weighted by molar-refractivity contribution is 6.33. The van der Waals surface area contributed by atoms with E-state index in [0.29, 0.717) is 10.8 Å². The van der Waals surface area contributed by atoms with Crippen molar-refractivity contribution in [3.8, 4) is 5.75 Å². The Morgan fingerprint density at radius 3 is 2.65 bits per heavy atom. The number of halogens is 1. The second-order valence-corrected chi connectivity index (χ2v) is 4.74. The SMILES string of the molecule is COc1c(C2(N=C=O)CCC2)ccc(C)c1Cl. The van der Waals surface area contributed by atoms with Crippen molar-refractivity contribution in [2.75, 3.05) is 7.11 Å². The molecule has 0 aliphatic heterocycles. The van der Waals surface area contributed by atoms with Crippen molar-refractivity contribution in [3.63, 3.8) is 0 Å². The molecule has 0 bridgehead atoms. The lowest BCUT2D eigenvalue weighted by Gasteiger charge is -2.38. The molecule has 0 radical (unpaired) electrons. The number of hydrogen-bond acceptors (Lipinski definition) is 3. The second kappa shape index (κ2) is 4.52. The number of nitrogens with zero attached hydrogens (tertiary/aromatic N) is 1. The molecule has 1 aliphatic rings. The smallest absolute Gasteiger partial charge is 0.235 e. The first-order valence-corrected chi connectivity index (χ1v) is 5.95. The number of ether oxygens (including phenoxy) is 1. The van der Waals surface area contributed by atoms with Gasteiger partial charge in [0.1, 0.15) is 11.3 Å². The molecule has 0 unspecified atom stereocenters. The summed E-state index contributed by atoms with van der Waals surface area (Å²) in [5.41, 5.74) is 1.38. The van der Waals surface area contributed by atoms with Crippen molar-refractivity contribution >= 4 is 17.7 Å². The van der Waals surface area contributed by atoms with Crippen molar-refractivity contribution in [1.29, 1.82) is 0 Å². The van der Waals surface area contributed by atoms with Crippen molar-refractivity contribution in [1.82, 2.24) is 0 Å². The molecule has 1 aliphatic carbocycles. The standard InChI is InChI=1S/C13H14ClNO2/c1-9-4-5-10(12(17-2)11(9)14)13(15-8-16)6-3-7-13/h4-5H,3,6-7H2,1-2H3. The summed E-state index contributed by atoms with van der Waals surface area (Å²) in [6.45, 7) is 1.92. The van der Waals surface area contributed by atoms with Gasteiger partial charge in [0.2, 0.25) is 6.08 Å². The number of isocyanates is 1. The lowest BCUT2D eigenvalue weighted by Crippen LogP contribution is -2.32. The molecule has 0 heterocycles. The average Bonchev–Trinajstić information content (AvgIpc) is 2.27. The Kier molecular flexibility index (Phi) is 3.23. The van der Waals surface area contributed by atoms with Gasteiger partial charge in [0.25, 0.3) is 0 Å². The predicted octanol–water partition coefficient (Wildman–Crippen LogP) is 3.37. The van der Waals surface area contributed by atoms with Gasteiger partial charge in [0, 0.05) is 5.56 Å². The van der Waals surface area contributed by atoms with Crippen LogP contribution in [-0.4, -0.2) is 13.2 Å². The molecule has 0 N–H and O–H groups in total. The van der Waals surface area contributed by atoms with E-state index in [0.717, 1.165) is 30.4 Å². The minimum atomic E-state index is -0.468. The van der Waals surface area contributed by atoms with Gasteiger partial charge in [-0.05, 0) is 31.7 Å². The van der Waals surface area contributed by atoms with Gasteiger partial charge in [-0.1, -0.05) is 23.7 Å². The van der Waals surface area contributed by atoms with Gasteiger partial charge in [-0.25, -0.2) is 4.79 Å². The van der Waals surface area contributed by atoms with Crippen LogP contribution in [0.3, 0.4) is 0 Å². The average molecular weight is 252 g/mol. The fourth-order valence-corrected chi connectivity index (χ4v) is 2.50. The molecule has 17 heavy (non-hydrogen) atoms. The third-order valence-electron chi connectivity index (χ3n) is 3.44. The third-order valence-corrected chi connectivity index (χ3v) is 3.91. The van der Waals surface area contributed by atoms with Crippen LogP contribution in [0.25, 0.3) is 0 Å². The van der Waals surface area contributed by atoms with E-state index in [2.05, 4.69) is 4.99 Å². The highest BCUT2D eigenvalue weighted by Gasteiger charge is 2.41. The molecule has 3 nitrogen and oxygen atoms in total. The molecule has 90 valence electrons. The topological polar surface area (TPSA) is 38.7 Å². The monoisotopic (exact) mass is 251 g/mol. The molecule has 2 rings (SSSR count). The van der Waals surface area contributed by atoms with Gasteiger partial charge in [-0.2, -0.15) is 4.99 Å². The normalized spacial score (nSPS) is 16.9. The lowest BCUT2D eigenvalue weighted by atomic mass is 9.72. The Hall–Kier alpha value is -1.31. The van der Waals surface area contributed by atoms with Gasteiger partial charge in [-0.15, -0.1) is 0 Å². The van der Waals surface area contributed by atoms with Gasteiger partial charge < -0.3 is 4.74 Å². The van der Waals surface area contributed by atoms with E-state index in [9.17, 15) is 4.79 Å². The Morgan fingerprint density at radius 1 is 1.47 bits per heavy atom. The second-order valence-electron chi connectivity index (χ2n) is 4.37. The van der Waals surface area contributed by atoms with Crippen LogP contribution in [0.5, 0.6) is 5.75 Å². The molecule has 4 heteroatoms. The van der Waals surface area contributed by atoms with Crippen molar-refractivity contribution in [2.45, 2.75) is 31.7 Å². The zero-order valence-electron chi connectivity index (χ0n) is 9.92. The summed E-state index contributed by atoms with van der Waals surface area (Å²) >= 11 is 6.22. The van der Waals surface area contributed by atoms with Gasteiger partial charge in [0.15, 0.2) is 0 Å². The maximum Gasteiger partial charge on any atom is 0.235 e. The number of methoxy groups -OCH3 is 1. The van der Waals surface area contributed by atoms with Crippen LogP contribution in [0.4, 0.5) is 0 Å². The Balaban J connectivity index is 2.58. The third kappa shape index (κ3) is 1.86. The molecule has 0 amide bonds. The molecule has 1 aromatic carbocycles. The first-order chi connectivity index (χ1) is 8.14. The van der Waals surface area contributed by atoms with E-state index >= 15 is 0 Å². The molecule has 1 saturated carbocycles. The van der Waals surface area contributed by atoms with Gasteiger partial charge in [0.05, 0.1) is 12.1 Å². The number of hydrogen-bond donors (Lipinski definition) is 0. The maximum atomic E-state index is 10.6. The van der Waals surface area contributed by atoms with Crippen LogP contribution in [0.2, 0.25) is 5.02 Å². The minimum absolute atomic E-state index is 0.468. The summed E-state index contributed by atoms with van der Waals surface area (Å²) in [4.78, 5) is 14.5. The largest absolute Gasteiger partial charge is 0.495 e. The number of benzene rings is 1. The zero-order valence-corrected chi connectivity index (χ0v) is 10.7.